The maximum absolute atomic E-state index is 13.7. The molecule has 18 heavy (non-hydrogen) atoms. The fourth-order valence-electron chi connectivity index (χ4n) is 2.23. The summed E-state index contributed by atoms with van der Waals surface area (Å²) >= 11 is 0. The van der Waals surface area contributed by atoms with Crippen LogP contribution in [-0.4, -0.2) is 16.8 Å². The number of halogens is 1. The van der Waals surface area contributed by atoms with Crippen LogP contribution in [0.4, 0.5) is 4.39 Å². The number of hydrogen-bond donors (Lipinski definition) is 0. The van der Waals surface area contributed by atoms with E-state index in [2.05, 4.69) is 0 Å². The molecule has 98 valence electrons. The zero-order valence-electron chi connectivity index (χ0n) is 11.0. The lowest BCUT2D eigenvalue weighted by atomic mass is 9.90. The lowest BCUT2D eigenvalue weighted by Crippen LogP contribution is -2.45. The van der Waals surface area contributed by atoms with E-state index < -0.39 is 0 Å². The van der Waals surface area contributed by atoms with Crippen LogP contribution in [0, 0.1) is 11.7 Å². The summed E-state index contributed by atoms with van der Waals surface area (Å²) in [5.41, 5.74) is 0.610. The lowest BCUT2D eigenvalue weighted by molar-refractivity contribution is -0.139. The molecule has 0 heterocycles. The predicted octanol–water partition coefficient (Wildman–Crippen LogP) is 3.36. The van der Waals surface area contributed by atoms with Crippen LogP contribution in [0.2, 0.25) is 0 Å². The van der Waals surface area contributed by atoms with Gasteiger partial charge in [-0.1, -0.05) is 32.0 Å². The van der Waals surface area contributed by atoms with Crippen molar-refractivity contribution in [3.8, 4) is 0 Å². The van der Waals surface area contributed by atoms with E-state index in [1.54, 1.807) is 12.1 Å². The third kappa shape index (κ3) is 2.71. The van der Waals surface area contributed by atoms with Crippen molar-refractivity contribution in [1.82, 2.24) is 4.90 Å². The molecule has 0 bridgehead atoms. The summed E-state index contributed by atoms with van der Waals surface area (Å²) in [7, 11) is 0. The average Bonchev–Trinajstić information content (AvgIpc) is 2.27. The maximum atomic E-state index is 13.7. The van der Waals surface area contributed by atoms with Crippen molar-refractivity contribution in [1.29, 1.82) is 0 Å². The van der Waals surface area contributed by atoms with E-state index in [1.807, 2.05) is 24.8 Å². The highest BCUT2D eigenvalue weighted by Gasteiger charge is 2.30. The monoisotopic (exact) mass is 249 g/mol. The van der Waals surface area contributed by atoms with Crippen LogP contribution in [0.15, 0.2) is 24.3 Å². The Kier molecular flexibility index (Phi) is 4.00. The van der Waals surface area contributed by atoms with Gasteiger partial charge in [-0.05, 0) is 25.3 Å². The second kappa shape index (κ2) is 5.51. The molecule has 2 nitrogen and oxygen atoms in total. The molecule has 0 atom stereocenters. The molecule has 1 aliphatic rings. The van der Waals surface area contributed by atoms with Crippen LogP contribution in [0.5, 0.6) is 0 Å². The van der Waals surface area contributed by atoms with Crippen LogP contribution in [0.1, 0.15) is 38.7 Å². The van der Waals surface area contributed by atoms with Gasteiger partial charge in [0, 0.05) is 24.1 Å². The number of benzene rings is 1. The van der Waals surface area contributed by atoms with Gasteiger partial charge in [-0.15, -0.1) is 0 Å². The van der Waals surface area contributed by atoms with E-state index in [9.17, 15) is 9.18 Å². The molecular formula is C15H20FNO. The molecule has 1 aromatic rings. The van der Waals surface area contributed by atoms with Crippen molar-refractivity contribution in [2.45, 2.75) is 45.7 Å². The van der Waals surface area contributed by atoms with E-state index in [1.165, 1.54) is 12.5 Å². The highest BCUT2D eigenvalue weighted by Crippen LogP contribution is 2.28. The van der Waals surface area contributed by atoms with Gasteiger partial charge in [0.2, 0.25) is 5.91 Å². The second-order valence-electron chi connectivity index (χ2n) is 5.30. The van der Waals surface area contributed by atoms with Crippen molar-refractivity contribution in [3.05, 3.63) is 35.6 Å². The summed E-state index contributed by atoms with van der Waals surface area (Å²) in [6.45, 7) is 4.19. The second-order valence-corrected chi connectivity index (χ2v) is 5.30. The first-order chi connectivity index (χ1) is 8.59. The molecule has 1 fully saturated rings. The molecule has 0 unspecified atom stereocenters. The van der Waals surface area contributed by atoms with Crippen LogP contribution < -0.4 is 0 Å². The molecule has 0 spiro atoms. The molecule has 0 aliphatic heterocycles. The molecule has 3 heteroatoms. The third-order valence-corrected chi connectivity index (χ3v) is 3.59. The Morgan fingerprint density at radius 2 is 2.06 bits per heavy atom. The fraction of sp³-hybridized carbons (Fsp3) is 0.533. The minimum Gasteiger partial charge on any atom is -0.335 e. The standard InChI is InChI=1S/C15H20FNO/c1-11(2)15(18)17(13-7-5-8-13)10-12-6-3-4-9-14(12)16/h3-4,6,9,11,13H,5,7-8,10H2,1-2H3. The molecule has 0 N–H and O–H groups in total. The average molecular weight is 249 g/mol. The van der Waals surface area contributed by atoms with Gasteiger partial charge < -0.3 is 4.90 Å². The summed E-state index contributed by atoms with van der Waals surface area (Å²) in [6.07, 6.45) is 3.27. The first kappa shape index (κ1) is 13.1. The molecule has 1 aromatic carbocycles. The Balaban J connectivity index is 2.15. The fourth-order valence-corrected chi connectivity index (χ4v) is 2.23. The molecule has 1 amide bonds. The molecule has 1 aliphatic carbocycles. The molecule has 0 radical (unpaired) electrons. The first-order valence-electron chi connectivity index (χ1n) is 6.63. The van der Waals surface area contributed by atoms with E-state index in [-0.39, 0.29) is 17.6 Å². The molecule has 0 aromatic heterocycles. The van der Waals surface area contributed by atoms with Gasteiger partial charge in [-0.2, -0.15) is 0 Å². The van der Waals surface area contributed by atoms with Crippen molar-refractivity contribution in [2.24, 2.45) is 5.92 Å². The number of carbonyl (C=O) groups is 1. The van der Waals surface area contributed by atoms with Gasteiger partial charge in [0.05, 0.1) is 0 Å². The van der Waals surface area contributed by atoms with E-state index in [0.717, 1.165) is 12.8 Å². The van der Waals surface area contributed by atoms with E-state index in [0.29, 0.717) is 18.2 Å². The Morgan fingerprint density at radius 1 is 1.39 bits per heavy atom. The smallest absolute Gasteiger partial charge is 0.225 e. The quantitative estimate of drug-likeness (QED) is 0.801. The number of hydrogen-bond acceptors (Lipinski definition) is 1. The zero-order chi connectivity index (χ0) is 13.1. The summed E-state index contributed by atoms with van der Waals surface area (Å²) in [4.78, 5) is 14.1. The predicted molar refractivity (Wildman–Crippen MR) is 69.4 cm³/mol. The highest BCUT2D eigenvalue weighted by molar-refractivity contribution is 5.78. The summed E-state index contributed by atoms with van der Waals surface area (Å²) in [6, 6.07) is 7.01. The third-order valence-electron chi connectivity index (χ3n) is 3.59. The Morgan fingerprint density at radius 3 is 2.56 bits per heavy atom. The number of amides is 1. The Bertz CT molecular complexity index is 426. The minimum absolute atomic E-state index is 0.0302. The normalized spacial score (nSPS) is 15.6. The summed E-state index contributed by atoms with van der Waals surface area (Å²) in [5, 5.41) is 0. The largest absolute Gasteiger partial charge is 0.335 e. The number of rotatable bonds is 4. The van der Waals surface area contributed by atoms with Crippen molar-refractivity contribution in [3.63, 3.8) is 0 Å². The zero-order valence-corrected chi connectivity index (χ0v) is 11.0. The van der Waals surface area contributed by atoms with E-state index in [4.69, 9.17) is 0 Å². The van der Waals surface area contributed by atoms with E-state index >= 15 is 0 Å². The van der Waals surface area contributed by atoms with Crippen molar-refractivity contribution in [2.75, 3.05) is 0 Å². The van der Waals surface area contributed by atoms with Gasteiger partial charge in [0.25, 0.3) is 0 Å². The summed E-state index contributed by atoms with van der Waals surface area (Å²) < 4.78 is 13.7. The highest BCUT2D eigenvalue weighted by atomic mass is 19.1. The lowest BCUT2D eigenvalue weighted by Gasteiger charge is -2.38. The van der Waals surface area contributed by atoms with Gasteiger partial charge in [-0.25, -0.2) is 4.39 Å². The molecule has 1 saturated carbocycles. The van der Waals surface area contributed by atoms with Crippen LogP contribution >= 0.6 is 0 Å². The number of carbonyl (C=O) groups excluding carboxylic acids is 1. The molecule has 2 rings (SSSR count). The van der Waals surface area contributed by atoms with Gasteiger partial charge in [0.1, 0.15) is 5.82 Å². The van der Waals surface area contributed by atoms with Crippen LogP contribution in [0.25, 0.3) is 0 Å². The Labute approximate surface area is 108 Å². The SMILES string of the molecule is CC(C)C(=O)N(Cc1ccccc1F)C1CCC1. The molecular weight excluding hydrogens is 229 g/mol. The number of nitrogens with zero attached hydrogens (tertiary/aromatic N) is 1. The van der Waals surface area contributed by atoms with Crippen LogP contribution in [-0.2, 0) is 11.3 Å². The van der Waals surface area contributed by atoms with Gasteiger partial charge >= 0.3 is 0 Å². The van der Waals surface area contributed by atoms with Gasteiger partial charge in [0.15, 0.2) is 0 Å². The minimum atomic E-state index is -0.224. The van der Waals surface area contributed by atoms with Crippen molar-refractivity contribution >= 4 is 5.91 Å². The summed E-state index contributed by atoms with van der Waals surface area (Å²) in [5.74, 6) is -0.126. The van der Waals surface area contributed by atoms with Gasteiger partial charge in [-0.3, -0.25) is 4.79 Å². The Hall–Kier alpha value is -1.38. The topological polar surface area (TPSA) is 20.3 Å². The maximum Gasteiger partial charge on any atom is 0.225 e. The first-order valence-corrected chi connectivity index (χ1v) is 6.63. The van der Waals surface area contributed by atoms with Crippen molar-refractivity contribution < 1.29 is 9.18 Å². The van der Waals surface area contributed by atoms with Crippen LogP contribution in [0.3, 0.4) is 0 Å². The molecule has 0 saturated heterocycles.